The Hall–Kier alpha value is -1.71. The Labute approximate surface area is 95.9 Å². The number of hydrogen-bond acceptors (Lipinski definition) is 4. The first-order valence-electron chi connectivity index (χ1n) is 4.63. The Morgan fingerprint density at radius 3 is 2.69 bits per heavy atom. The molecule has 0 spiro atoms. The number of rotatable bonds is 3. The van der Waals surface area contributed by atoms with Crippen molar-refractivity contribution < 1.29 is 9.72 Å². The van der Waals surface area contributed by atoms with Gasteiger partial charge in [0.1, 0.15) is 5.54 Å². The van der Waals surface area contributed by atoms with Crippen molar-refractivity contribution in [3.05, 3.63) is 38.9 Å². The van der Waals surface area contributed by atoms with Crippen molar-refractivity contribution in [2.75, 3.05) is 0 Å². The van der Waals surface area contributed by atoms with E-state index in [4.69, 9.17) is 11.6 Å². The van der Waals surface area contributed by atoms with Gasteiger partial charge in [0.05, 0.1) is 15.5 Å². The van der Waals surface area contributed by atoms with Crippen LogP contribution in [0.3, 0.4) is 0 Å². The zero-order chi connectivity index (χ0) is 11.8. The molecule has 5 nitrogen and oxygen atoms in total. The highest BCUT2D eigenvalue weighted by atomic mass is 35.5. The van der Waals surface area contributed by atoms with Crippen LogP contribution >= 0.6 is 11.6 Å². The molecule has 2 rings (SSSR count). The van der Waals surface area contributed by atoms with Crippen LogP contribution in [0.25, 0.3) is 0 Å². The maximum Gasteiger partial charge on any atom is 0.276 e. The number of nitrogens with zero attached hydrogens (tertiary/aromatic N) is 2. The second kappa shape index (κ2) is 3.70. The smallest absolute Gasteiger partial charge is 0.258 e. The van der Waals surface area contributed by atoms with Crippen LogP contribution < -0.4 is 0 Å². The van der Waals surface area contributed by atoms with Crippen LogP contribution in [-0.4, -0.2) is 11.0 Å². The second-order valence-electron chi connectivity index (χ2n) is 3.63. The van der Waals surface area contributed by atoms with Crippen molar-refractivity contribution in [1.82, 2.24) is 0 Å². The van der Waals surface area contributed by atoms with Crippen molar-refractivity contribution in [2.45, 2.75) is 18.4 Å². The summed E-state index contributed by atoms with van der Waals surface area (Å²) in [7, 11) is 0. The first-order chi connectivity index (χ1) is 7.60. The van der Waals surface area contributed by atoms with Gasteiger partial charge in [0.25, 0.3) is 5.69 Å². The molecule has 6 heteroatoms. The Balaban J connectivity index is 2.63. The van der Waals surface area contributed by atoms with Gasteiger partial charge in [-0.05, 0) is 18.9 Å². The molecular weight excluding hydrogens is 232 g/mol. The summed E-state index contributed by atoms with van der Waals surface area (Å²) in [6.45, 7) is 0. The lowest BCUT2D eigenvalue weighted by molar-refractivity contribution is -0.385. The number of carbonyl (C=O) groups excluding carboxylic acids is 1. The Morgan fingerprint density at radius 1 is 1.50 bits per heavy atom. The molecule has 0 heterocycles. The van der Waals surface area contributed by atoms with Crippen molar-refractivity contribution in [3.8, 4) is 0 Å². The van der Waals surface area contributed by atoms with E-state index in [1.165, 1.54) is 18.2 Å². The first-order valence-corrected chi connectivity index (χ1v) is 5.01. The van der Waals surface area contributed by atoms with Crippen LogP contribution in [0.15, 0.2) is 23.2 Å². The van der Waals surface area contributed by atoms with Gasteiger partial charge in [0, 0.05) is 6.07 Å². The van der Waals surface area contributed by atoms with E-state index in [-0.39, 0.29) is 10.7 Å². The van der Waals surface area contributed by atoms with E-state index in [1.807, 2.05) is 0 Å². The van der Waals surface area contributed by atoms with E-state index in [0.29, 0.717) is 18.4 Å². The molecule has 0 aliphatic heterocycles. The highest BCUT2D eigenvalue weighted by Crippen LogP contribution is 2.54. The third kappa shape index (κ3) is 1.60. The fourth-order valence-electron chi connectivity index (χ4n) is 1.75. The lowest BCUT2D eigenvalue weighted by Crippen LogP contribution is -2.07. The van der Waals surface area contributed by atoms with Gasteiger partial charge in [-0.3, -0.25) is 10.1 Å². The van der Waals surface area contributed by atoms with Crippen LogP contribution in [0, 0.1) is 10.1 Å². The maximum absolute atomic E-state index is 10.9. The molecule has 1 fully saturated rings. The predicted octanol–water partition coefficient (Wildman–Crippen LogP) is 2.57. The summed E-state index contributed by atoms with van der Waals surface area (Å²) < 4.78 is 0. The lowest BCUT2D eigenvalue weighted by Gasteiger charge is -2.10. The molecular formula is C10H7ClN2O3. The van der Waals surface area contributed by atoms with Gasteiger partial charge in [0.15, 0.2) is 0 Å². The van der Waals surface area contributed by atoms with Crippen molar-refractivity contribution in [1.29, 1.82) is 0 Å². The number of isocyanates is 1. The van der Waals surface area contributed by atoms with Crippen LogP contribution in [-0.2, 0) is 10.3 Å². The monoisotopic (exact) mass is 238 g/mol. The van der Waals surface area contributed by atoms with Crippen LogP contribution in [0.2, 0.25) is 5.02 Å². The molecule has 1 saturated carbocycles. The number of benzene rings is 1. The SMILES string of the molecule is O=C=NC1(c2c(Cl)cccc2[N+](=O)[O-])CC1. The van der Waals surface area contributed by atoms with E-state index in [0.717, 1.165) is 0 Å². The van der Waals surface area contributed by atoms with E-state index < -0.39 is 10.5 Å². The van der Waals surface area contributed by atoms with Crippen LogP contribution in [0.5, 0.6) is 0 Å². The zero-order valence-corrected chi connectivity index (χ0v) is 8.90. The number of nitro groups is 1. The van der Waals surface area contributed by atoms with Crippen LogP contribution in [0.1, 0.15) is 18.4 Å². The van der Waals surface area contributed by atoms with Gasteiger partial charge in [0.2, 0.25) is 6.08 Å². The Morgan fingerprint density at radius 2 is 2.19 bits per heavy atom. The van der Waals surface area contributed by atoms with E-state index in [2.05, 4.69) is 4.99 Å². The number of halogens is 1. The molecule has 1 aromatic carbocycles. The summed E-state index contributed by atoms with van der Waals surface area (Å²) in [6, 6.07) is 4.43. The molecule has 0 unspecified atom stereocenters. The van der Waals surface area contributed by atoms with Crippen LogP contribution in [0.4, 0.5) is 5.69 Å². The molecule has 0 bridgehead atoms. The van der Waals surface area contributed by atoms with E-state index >= 15 is 0 Å². The third-order valence-electron chi connectivity index (χ3n) is 2.64. The van der Waals surface area contributed by atoms with Crippen molar-refractivity contribution in [3.63, 3.8) is 0 Å². The molecule has 0 atom stereocenters. The van der Waals surface area contributed by atoms with Gasteiger partial charge in [-0.1, -0.05) is 17.7 Å². The van der Waals surface area contributed by atoms with Crippen molar-refractivity contribution >= 4 is 23.4 Å². The lowest BCUT2D eigenvalue weighted by atomic mass is 10.0. The summed E-state index contributed by atoms with van der Waals surface area (Å²) >= 11 is 5.94. The predicted molar refractivity (Wildman–Crippen MR) is 57.1 cm³/mol. The average Bonchev–Trinajstić information content (AvgIpc) is 2.98. The molecule has 1 aliphatic carbocycles. The zero-order valence-electron chi connectivity index (χ0n) is 8.14. The second-order valence-corrected chi connectivity index (χ2v) is 4.03. The Kier molecular flexibility index (Phi) is 2.50. The normalized spacial score (nSPS) is 16.3. The van der Waals surface area contributed by atoms with Gasteiger partial charge in [-0.15, -0.1) is 0 Å². The highest BCUT2D eigenvalue weighted by molar-refractivity contribution is 6.31. The van der Waals surface area contributed by atoms with Gasteiger partial charge in [-0.2, -0.15) is 4.99 Å². The number of aliphatic imine (C=N–C) groups is 1. The molecule has 0 amide bonds. The summed E-state index contributed by atoms with van der Waals surface area (Å²) in [6.07, 6.45) is 2.64. The minimum atomic E-state index is -0.817. The molecule has 0 aromatic heterocycles. The summed E-state index contributed by atoms with van der Waals surface area (Å²) in [5.74, 6) is 0. The van der Waals surface area contributed by atoms with E-state index in [9.17, 15) is 14.9 Å². The molecule has 1 aromatic rings. The molecule has 0 saturated heterocycles. The van der Waals surface area contributed by atoms with E-state index in [1.54, 1.807) is 6.07 Å². The average molecular weight is 239 g/mol. The first kappa shape index (κ1) is 10.8. The summed E-state index contributed by atoms with van der Waals surface area (Å²) in [4.78, 5) is 24.3. The standard InChI is InChI=1S/C10H7ClN2O3/c11-7-2-1-3-8(13(15)16)9(7)10(4-5-10)12-6-14/h1-3H,4-5H2. The molecule has 16 heavy (non-hydrogen) atoms. The maximum atomic E-state index is 10.9. The molecule has 0 radical (unpaired) electrons. The Bertz CT molecular complexity index is 505. The minimum absolute atomic E-state index is 0.0935. The third-order valence-corrected chi connectivity index (χ3v) is 2.95. The van der Waals surface area contributed by atoms with Gasteiger partial charge in [-0.25, -0.2) is 4.79 Å². The fourth-order valence-corrected chi connectivity index (χ4v) is 2.09. The number of nitro benzene ring substituents is 1. The van der Waals surface area contributed by atoms with Gasteiger partial charge < -0.3 is 0 Å². The molecule has 0 N–H and O–H groups in total. The topological polar surface area (TPSA) is 72.6 Å². The number of hydrogen-bond donors (Lipinski definition) is 0. The molecule has 1 aliphatic rings. The summed E-state index contributed by atoms with van der Waals surface area (Å²) in [5.41, 5.74) is -0.586. The minimum Gasteiger partial charge on any atom is -0.258 e. The summed E-state index contributed by atoms with van der Waals surface area (Å²) in [5, 5.41) is 11.1. The highest BCUT2D eigenvalue weighted by Gasteiger charge is 2.50. The fraction of sp³-hybridized carbons (Fsp3) is 0.300. The van der Waals surface area contributed by atoms with Crippen molar-refractivity contribution in [2.24, 2.45) is 4.99 Å². The largest absolute Gasteiger partial charge is 0.276 e. The molecule has 82 valence electrons. The van der Waals surface area contributed by atoms with Gasteiger partial charge >= 0.3 is 0 Å². The quantitative estimate of drug-likeness (QED) is 0.352.